The average Bonchev–Trinajstić information content (AvgIpc) is 3.70. The number of carbonyl (C=O) groups is 3. The second kappa shape index (κ2) is 9.38. The standard InChI is InChI=1S/C33H37N5O5/c1-32(35-29(39)21-15-23-22-10-6-11-24-28(22)20(17-34-24)16-25(23)36(2)18-21)31(41)38-26(14-19-8-4-3-5-9-19)30(40)37-13-7-12-27(37)33(38,42)43-32/h3-6,8-11,17,21,23,25-27,34,42H,7,12-16,18H2,1-2H3,(H,35,39)/p+1/t21-,23-,25+,26+,27-,32-,33+/m1/s1. The molecule has 1 aliphatic carbocycles. The fourth-order valence-electron chi connectivity index (χ4n) is 8.81. The van der Waals surface area contributed by atoms with Crippen molar-refractivity contribution < 1.29 is 29.1 Å². The zero-order valence-electron chi connectivity index (χ0n) is 24.5. The molecule has 4 N–H and O–H groups in total. The molecular formula is C33H38N5O5+. The van der Waals surface area contributed by atoms with Crippen molar-refractivity contribution in [2.24, 2.45) is 5.92 Å². The number of fused-ring (bicyclic) bond motifs is 5. The number of hydrogen-bond acceptors (Lipinski definition) is 5. The summed E-state index contributed by atoms with van der Waals surface area (Å²) in [6.07, 6.45) is 5.21. The van der Waals surface area contributed by atoms with Crippen LogP contribution in [0.2, 0.25) is 0 Å². The van der Waals surface area contributed by atoms with Crippen LogP contribution >= 0.6 is 0 Å². The highest BCUT2D eigenvalue weighted by atomic mass is 16.7. The zero-order valence-corrected chi connectivity index (χ0v) is 24.5. The largest absolute Gasteiger partial charge is 0.361 e. The maximum absolute atomic E-state index is 14.2. The number of nitrogens with zero attached hydrogens (tertiary/aromatic N) is 2. The Morgan fingerprint density at radius 3 is 2.81 bits per heavy atom. The fraction of sp³-hybridized carbons (Fsp3) is 0.485. The summed E-state index contributed by atoms with van der Waals surface area (Å²) in [6, 6.07) is 14.6. The Kier molecular flexibility index (Phi) is 5.86. The summed E-state index contributed by atoms with van der Waals surface area (Å²) >= 11 is 0. The molecule has 0 spiro atoms. The minimum atomic E-state index is -2.02. The number of likely N-dealkylation sites (tertiary alicyclic amines) is 1. The van der Waals surface area contributed by atoms with Crippen molar-refractivity contribution in [3.63, 3.8) is 0 Å². The van der Waals surface area contributed by atoms with E-state index in [0.717, 1.165) is 17.5 Å². The first kappa shape index (κ1) is 26.9. The summed E-state index contributed by atoms with van der Waals surface area (Å²) in [5, 5.41) is 16.3. The number of aromatic nitrogens is 1. The van der Waals surface area contributed by atoms with Gasteiger partial charge in [-0.3, -0.25) is 24.0 Å². The van der Waals surface area contributed by atoms with E-state index in [1.807, 2.05) is 30.3 Å². The number of piperidine rings is 1. The van der Waals surface area contributed by atoms with E-state index >= 15 is 0 Å². The number of nitrogens with one attached hydrogen (secondary N) is 3. The molecule has 4 fully saturated rings. The first-order chi connectivity index (χ1) is 20.7. The minimum absolute atomic E-state index is 0.192. The number of piperazine rings is 1. The van der Waals surface area contributed by atoms with Crippen molar-refractivity contribution in [2.75, 3.05) is 20.1 Å². The minimum Gasteiger partial charge on any atom is -0.361 e. The molecule has 4 aliphatic heterocycles. The van der Waals surface area contributed by atoms with Crippen LogP contribution in [-0.2, 0) is 32.0 Å². The lowest BCUT2D eigenvalue weighted by molar-refractivity contribution is -0.915. The Balaban J connectivity index is 1.08. The van der Waals surface area contributed by atoms with Gasteiger partial charge in [-0.25, -0.2) is 0 Å². The van der Waals surface area contributed by atoms with Gasteiger partial charge >= 0.3 is 0 Å². The van der Waals surface area contributed by atoms with Gasteiger partial charge in [0.25, 0.3) is 11.8 Å². The highest BCUT2D eigenvalue weighted by Crippen LogP contribution is 2.46. The van der Waals surface area contributed by atoms with Crippen LogP contribution in [0.3, 0.4) is 0 Å². The lowest BCUT2D eigenvalue weighted by Crippen LogP contribution is -3.16. The molecule has 224 valence electrons. The van der Waals surface area contributed by atoms with Gasteiger partial charge in [-0.2, -0.15) is 0 Å². The van der Waals surface area contributed by atoms with Gasteiger partial charge in [0.1, 0.15) is 12.1 Å². The number of ether oxygens (including phenoxy) is 1. The number of amides is 3. The van der Waals surface area contributed by atoms with Crippen molar-refractivity contribution in [1.82, 2.24) is 20.1 Å². The van der Waals surface area contributed by atoms with E-state index in [-0.39, 0.29) is 30.1 Å². The summed E-state index contributed by atoms with van der Waals surface area (Å²) in [4.78, 5) is 49.5. The zero-order chi connectivity index (χ0) is 29.7. The van der Waals surface area contributed by atoms with E-state index in [2.05, 4.69) is 41.7 Å². The maximum Gasteiger partial charge on any atom is 0.280 e. The Morgan fingerprint density at radius 2 is 2.00 bits per heavy atom. The number of aliphatic hydroxyl groups is 1. The smallest absolute Gasteiger partial charge is 0.280 e. The van der Waals surface area contributed by atoms with Crippen molar-refractivity contribution >= 4 is 28.6 Å². The van der Waals surface area contributed by atoms with Crippen LogP contribution in [0.15, 0.2) is 54.7 Å². The van der Waals surface area contributed by atoms with E-state index in [1.54, 1.807) is 4.90 Å². The number of quaternary nitrogens is 1. The van der Waals surface area contributed by atoms with Crippen LogP contribution < -0.4 is 10.2 Å². The molecule has 1 aromatic heterocycles. The third-order valence-corrected chi connectivity index (χ3v) is 10.8. The monoisotopic (exact) mass is 584 g/mol. The van der Waals surface area contributed by atoms with E-state index in [1.165, 1.54) is 33.2 Å². The normalized spacial score (nSPS) is 36.4. The molecule has 10 nitrogen and oxygen atoms in total. The SMILES string of the molecule is C[NH+]1C[C@H](C(=O)N[C@]2(C)O[C@@]3(O)[C@H]4CCCN4C(=O)[C@H](Cc4ccccc4)N3C2=O)C[C@@H]2c3cccc4[nH]cc(c34)C[C@@H]21. The Bertz CT molecular complexity index is 1640. The fourth-order valence-corrected chi connectivity index (χ4v) is 8.81. The third-order valence-electron chi connectivity index (χ3n) is 10.8. The van der Waals surface area contributed by atoms with Gasteiger partial charge in [0.05, 0.1) is 25.6 Å². The van der Waals surface area contributed by atoms with Gasteiger partial charge in [0.15, 0.2) is 0 Å². The quantitative estimate of drug-likeness (QED) is 0.360. The first-order valence-corrected chi connectivity index (χ1v) is 15.5. The molecule has 5 aliphatic rings. The molecule has 5 heterocycles. The van der Waals surface area contributed by atoms with Crippen LogP contribution in [0.5, 0.6) is 0 Å². The van der Waals surface area contributed by atoms with Crippen molar-refractivity contribution in [3.05, 3.63) is 71.4 Å². The Hall–Kier alpha value is -3.73. The molecule has 3 amide bonds. The number of carbonyl (C=O) groups excluding carboxylic acids is 3. The molecule has 1 unspecified atom stereocenters. The summed E-state index contributed by atoms with van der Waals surface area (Å²) in [7, 11) is 2.14. The van der Waals surface area contributed by atoms with Gasteiger partial charge in [-0.15, -0.1) is 0 Å². The average molecular weight is 585 g/mol. The van der Waals surface area contributed by atoms with Gasteiger partial charge in [0.2, 0.25) is 17.5 Å². The number of rotatable bonds is 4. The second-order valence-corrected chi connectivity index (χ2v) is 13.3. The summed E-state index contributed by atoms with van der Waals surface area (Å²) < 4.78 is 6.26. The first-order valence-electron chi connectivity index (χ1n) is 15.5. The van der Waals surface area contributed by atoms with Crippen LogP contribution in [0.25, 0.3) is 10.9 Å². The van der Waals surface area contributed by atoms with Gasteiger partial charge in [-0.05, 0) is 48.9 Å². The molecule has 10 heteroatoms. The van der Waals surface area contributed by atoms with E-state index < -0.39 is 29.6 Å². The number of benzene rings is 2. The number of H-pyrrole nitrogens is 1. The van der Waals surface area contributed by atoms with Crippen molar-refractivity contribution in [3.8, 4) is 0 Å². The molecule has 2 aromatic carbocycles. The van der Waals surface area contributed by atoms with Crippen molar-refractivity contribution in [1.29, 1.82) is 0 Å². The van der Waals surface area contributed by atoms with E-state index in [0.29, 0.717) is 38.4 Å². The van der Waals surface area contributed by atoms with Crippen LogP contribution in [0.1, 0.15) is 48.8 Å². The second-order valence-electron chi connectivity index (χ2n) is 13.3. The lowest BCUT2D eigenvalue weighted by Gasteiger charge is -2.48. The molecular weight excluding hydrogens is 546 g/mol. The highest BCUT2D eigenvalue weighted by molar-refractivity contribution is 5.97. The topological polar surface area (TPSA) is 119 Å². The van der Waals surface area contributed by atoms with Crippen molar-refractivity contribution in [2.45, 2.75) is 74.7 Å². The third kappa shape index (κ3) is 3.86. The molecule has 4 saturated heterocycles. The van der Waals surface area contributed by atoms with E-state index in [4.69, 9.17) is 4.74 Å². The highest BCUT2D eigenvalue weighted by Gasteiger charge is 2.70. The van der Waals surface area contributed by atoms with Crippen LogP contribution in [-0.4, -0.2) is 87.5 Å². The van der Waals surface area contributed by atoms with Crippen LogP contribution in [0.4, 0.5) is 0 Å². The predicted octanol–water partition coefficient (Wildman–Crippen LogP) is 0.664. The molecule has 8 atom stereocenters. The lowest BCUT2D eigenvalue weighted by atomic mass is 9.72. The van der Waals surface area contributed by atoms with E-state index in [9.17, 15) is 19.5 Å². The van der Waals surface area contributed by atoms with Gasteiger partial charge in [0, 0.05) is 42.4 Å². The molecule has 0 bridgehead atoms. The Labute approximate surface area is 250 Å². The summed E-state index contributed by atoms with van der Waals surface area (Å²) in [5.74, 6) is -3.20. The maximum atomic E-state index is 14.2. The molecule has 43 heavy (non-hydrogen) atoms. The molecule has 3 aromatic rings. The van der Waals surface area contributed by atoms with Gasteiger partial charge in [-0.1, -0.05) is 42.5 Å². The number of hydrogen-bond donors (Lipinski definition) is 4. The molecule has 0 radical (unpaired) electrons. The molecule has 0 saturated carbocycles. The summed E-state index contributed by atoms with van der Waals surface area (Å²) in [6.45, 7) is 2.65. The van der Waals surface area contributed by atoms with Gasteiger partial charge < -0.3 is 25.2 Å². The Morgan fingerprint density at radius 1 is 1.19 bits per heavy atom. The number of aromatic amines is 1. The summed E-state index contributed by atoms with van der Waals surface area (Å²) in [5.41, 5.74) is 2.80. The number of likely N-dealkylation sites (N-methyl/N-ethyl adjacent to an activating group) is 1. The predicted molar refractivity (Wildman–Crippen MR) is 156 cm³/mol. The van der Waals surface area contributed by atoms with Crippen LogP contribution in [0, 0.1) is 5.92 Å². The molecule has 8 rings (SSSR count).